The van der Waals surface area contributed by atoms with E-state index in [1.807, 2.05) is 24.4 Å². The lowest BCUT2D eigenvalue weighted by molar-refractivity contribution is 0.0951. The fourth-order valence-corrected chi connectivity index (χ4v) is 2.71. The van der Waals surface area contributed by atoms with E-state index in [1.54, 1.807) is 16.9 Å². The molecule has 18 heavy (non-hydrogen) atoms. The van der Waals surface area contributed by atoms with Gasteiger partial charge in [-0.1, -0.05) is 15.9 Å². The van der Waals surface area contributed by atoms with Crippen molar-refractivity contribution in [2.45, 2.75) is 6.54 Å². The van der Waals surface area contributed by atoms with Gasteiger partial charge in [-0.15, -0.1) is 0 Å². The van der Waals surface area contributed by atoms with Crippen LogP contribution in [0.1, 0.15) is 10.4 Å². The maximum absolute atomic E-state index is 11.9. The molecular weight excluding hydrogens is 362 g/mol. The lowest BCUT2D eigenvalue weighted by Gasteiger charge is -2.07. The predicted octanol–water partition coefficient (Wildman–Crippen LogP) is 2.84. The highest BCUT2D eigenvalue weighted by Gasteiger charge is 2.09. The van der Waals surface area contributed by atoms with E-state index >= 15 is 0 Å². The first-order valence-electron chi connectivity index (χ1n) is 5.37. The molecular formula is C12H11Br2N3O. The van der Waals surface area contributed by atoms with Gasteiger partial charge in [-0.05, 0) is 40.2 Å². The van der Waals surface area contributed by atoms with Crippen LogP contribution in [0.5, 0.6) is 0 Å². The largest absolute Gasteiger partial charge is 0.350 e. The van der Waals surface area contributed by atoms with E-state index < -0.39 is 0 Å². The fourth-order valence-electron chi connectivity index (χ4n) is 1.49. The van der Waals surface area contributed by atoms with Crippen molar-refractivity contribution in [3.05, 3.63) is 51.2 Å². The number of rotatable bonds is 4. The van der Waals surface area contributed by atoms with Crippen LogP contribution in [0.3, 0.4) is 0 Å². The summed E-state index contributed by atoms with van der Waals surface area (Å²) in [6.45, 7) is 1.20. The van der Waals surface area contributed by atoms with E-state index in [9.17, 15) is 4.79 Å². The van der Waals surface area contributed by atoms with Gasteiger partial charge in [0.15, 0.2) is 0 Å². The fraction of sp³-hybridized carbons (Fsp3) is 0.167. The number of hydrogen-bond donors (Lipinski definition) is 1. The number of benzene rings is 1. The molecule has 0 radical (unpaired) electrons. The van der Waals surface area contributed by atoms with Crippen LogP contribution < -0.4 is 5.32 Å². The van der Waals surface area contributed by atoms with E-state index in [0.29, 0.717) is 18.7 Å². The van der Waals surface area contributed by atoms with Gasteiger partial charge in [0, 0.05) is 27.9 Å². The molecule has 0 unspecified atom stereocenters. The van der Waals surface area contributed by atoms with Crippen LogP contribution in [0, 0.1) is 0 Å². The average molecular weight is 373 g/mol. The van der Waals surface area contributed by atoms with Crippen molar-refractivity contribution in [3.8, 4) is 0 Å². The first-order valence-corrected chi connectivity index (χ1v) is 6.96. The summed E-state index contributed by atoms with van der Waals surface area (Å²) in [7, 11) is 0. The Balaban J connectivity index is 1.91. The first kappa shape index (κ1) is 13.3. The Morgan fingerprint density at radius 2 is 2.22 bits per heavy atom. The third kappa shape index (κ3) is 3.43. The van der Waals surface area contributed by atoms with E-state index in [1.165, 1.54) is 0 Å². The maximum atomic E-state index is 11.9. The number of amides is 1. The zero-order valence-corrected chi connectivity index (χ0v) is 12.6. The Labute approximate surface area is 122 Å². The molecule has 0 saturated heterocycles. The van der Waals surface area contributed by atoms with Crippen LogP contribution in [0.15, 0.2) is 45.6 Å². The summed E-state index contributed by atoms with van der Waals surface area (Å²) in [4.78, 5) is 11.9. The second kappa shape index (κ2) is 6.15. The average Bonchev–Trinajstić information content (AvgIpc) is 2.81. The van der Waals surface area contributed by atoms with Crippen molar-refractivity contribution in [1.82, 2.24) is 15.1 Å². The van der Waals surface area contributed by atoms with E-state index in [4.69, 9.17) is 0 Å². The highest BCUT2D eigenvalue weighted by Crippen LogP contribution is 2.21. The van der Waals surface area contributed by atoms with Gasteiger partial charge < -0.3 is 5.32 Å². The molecule has 0 atom stereocenters. The number of carbonyl (C=O) groups excluding carboxylic acids is 1. The van der Waals surface area contributed by atoms with Gasteiger partial charge in [0.2, 0.25) is 0 Å². The molecule has 0 aliphatic rings. The molecule has 1 amide bonds. The van der Waals surface area contributed by atoms with Gasteiger partial charge in [0.25, 0.3) is 5.91 Å². The predicted molar refractivity (Wildman–Crippen MR) is 76.4 cm³/mol. The molecule has 2 rings (SSSR count). The standard InChI is InChI=1S/C12H11Br2N3O/c13-9-2-3-10(11(14)8-9)12(18)15-5-7-17-6-1-4-16-17/h1-4,6,8H,5,7H2,(H,15,18). The Bertz CT molecular complexity index is 540. The molecule has 6 heteroatoms. The zero-order chi connectivity index (χ0) is 13.0. The molecule has 0 aliphatic heterocycles. The lowest BCUT2D eigenvalue weighted by Crippen LogP contribution is -2.27. The molecule has 0 saturated carbocycles. The zero-order valence-electron chi connectivity index (χ0n) is 9.44. The monoisotopic (exact) mass is 371 g/mol. The van der Waals surface area contributed by atoms with Crippen LogP contribution in [0.2, 0.25) is 0 Å². The third-order valence-electron chi connectivity index (χ3n) is 2.36. The number of nitrogens with one attached hydrogen (secondary N) is 1. The van der Waals surface area contributed by atoms with Crippen molar-refractivity contribution in [1.29, 1.82) is 0 Å². The molecule has 4 nitrogen and oxygen atoms in total. The van der Waals surface area contributed by atoms with Crippen LogP contribution in [0.4, 0.5) is 0 Å². The first-order chi connectivity index (χ1) is 8.66. The van der Waals surface area contributed by atoms with E-state index in [2.05, 4.69) is 42.3 Å². The van der Waals surface area contributed by atoms with Gasteiger partial charge in [-0.3, -0.25) is 9.48 Å². The van der Waals surface area contributed by atoms with Gasteiger partial charge in [0.1, 0.15) is 0 Å². The number of aromatic nitrogens is 2. The highest BCUT2D eigenvalue weighted by molar-refractivity contribution is 9.11. The van der Waals surface area contributed by atoms with Crippen molar-refractivity contribution in [2.24, 2.45) is 0 Å². The number of nitrogens with zero attached hydrogens (tertiary/aromatic N) is 2. The minimum Gasteiger partial charge on any atom is -0.350 e. The van der Waals surface area contributed by atoms with Gasteiger partial charge in [0.05, 0.1) is 12.1 Å². The Morgan fingerprint density at radius 3 is 2.89 bits per heavy atom. The molecule has 1 N–H and O–H groups in total. The van der Waals surface area contributed by atoms with E-state index in [0.717, 1.165) is 8.95 Å². The van der Waals surface area contributed by atoms with Gasteiger partial charge in [-0.25, -0.2) is 0 Å². The van der Waals surface area contributed by atoms with Crippen LogP contribution >= 0.6 is 31.9 Å². The van der Waals surface area contributed by atoms with Crippen molar-refractivity contribution >= 4 is 37.8 Å². The minimum atomic E-state index is -0.0958. The number of carbonyl (C=O) groups is 1. The van der Waals surface area contributed by atoms with Crippen LogP contribution in [-0.2, 0) is 6.54 Å². The molecule has 2 aromatic rings. The topological polar surface area (TPSA) is 46.9 Å². The quantitative estimate of drug-likeness (QED) is 0.896. The summed E-state index contributed by atoms with van der Waals surface area (Å²) in [6, 6.07) is 7.32. The van der Waals surface area contributed by atoms with Gasteiger partial charge in [-0.2, -0.15) is 5.10 Å². The molecule has 1 aromatic carbocycles. The second-order valence-corrected chi connectivity index (χ2v) is 5.42. The number of halogens is 2. The SMILES string of the molecule is O=C(NCCn1cccn1)c1ccc(Br)cc1Br. The highest BCUT2D eigenvalue weighted by atomic mass is 79.9. The Kier molecular flexibility index (Phi) is 4.54. The summed E-state index contributed by atoms with van der Waals surface area (Å²) in [5, 5.41) is 6.92. The molecule has 0 bridgehead atoms. The second-order valence-electron chi connectivity index (χ2n) is 3.65. The molecule has 0 spiro atoms. The molecule has 1 aromatic heterocycles. The molecule has 0 aliphatic carbocycles. The summed E-state index contributed by atoms with van der Waals surface area (Å²) < 4.78 is 3.48. The Hall–Kier alpha value is -1.14. The lowest BCUT2D eigenvalue weighted by atomic mass is 10.2. The Morgan fingerprint density at radius 1 is 1.39 bits per heavy atom. The van der Waals surface area contributed by atoms with Crippen molar-refractivity contribution in [2.75, 3.05) is 6.54 Å². The maximum Gasteiger partial charge on any atom is 0.252 e. The number of hydrogen-bond acceptors (Lipinski definition) is 2. The van der Waals surface area contributed by atoms with Crippen molar-refractivity contribution < 1.29 is 4.79 Å². The third-order valence-corrected chi connectivity index (χ3v) is 3.51. The summed E-state index contributed by atoms with van der Waals surface area (Å²) in [5.74, 6) is -0.0958. The normalized spacial score (nSPS) is 10.3. The summed E-state index contributed by atoms with van der Waals surface area (Å²) in [6.07, 6.45) is 3.58. The minimum absolute atomic E-state index is 0.0958. The molecule has 1 heterocycles. The van der Waals surface area contributed by atoms with E-state index in [-0.39, 0.29) is 5.91 Å². The van der Waals surface area contributed by atoms with Crippen LogP contribution in [0.25, 0.3) is 0 Å². The summed E-state index contributed by atoms with van der Waals surface area (Å²) >= 11 is 6.72. The summed E-state index contributed by atoms with van der Waals surface area (Å²) in [5.41, 5.74) is 0.624. The smallest absolute Gasteiger partial charge is 0.252 e. The molecule has 0 fully saturated rings. The van der Waals surface area contributed by atoms with Crippen LogP contribution in [-0.4, -0.2) is 22.2 Å². The molecule has 94 valence electrons. The van der Waals surface area contributed by atoms with Gasteiger partial charge >= 0.3 is 0 Å². The van der Waals surface area contributed by atoms with Crippen molar-refractivity contribution in [3.63, 3.8) is 0 Å².